The van der Waals surface area contributed by atoms with Crippen LogP contribution in [-0.4, -0.2) is 59.2 Å². The van der Waals surface area contributed by atoms with E-state index in [-0.39, 0.29) is 23.9 Å². The normalized spacial score (nSPS) is 11.5. The number of hydrogen-bond donors (Lipinski definition) is 2. The molecule has 0 atom stereocenters. The Kier molecular flexibility index (Phi) is 9.10. The molecular formula is C27H29N5O3S2. The van der Waals surface area contributed by atoms with Crippen LogP contribution in [0.2, 0.25) is 0 Å². The number of aromatic amines is 1. The zero-order chi connectivity index (χ0) is 26.1. The number of H-pyrrole nitrogens is 1. The number of aryl methyl sites for hydroxylation is 1. The van der Waals surface area contributed by atoms with E-state index in [9.17, 15) is 13.2 Å². The van der Waals surface area contributed by atoms with E-state index in [1.54, 1.807) is 24.3 Å². The highest BCUT2D eigenvalue weighted by atomic mass is 32.2. The average Bonchev–Trinajstić information content (AvgIpc) is 3.39. The maximum absolute atomic E-state index is 13.4. The van der Waals surface area contributed by atoms with Crippen molar-refractivity contribution < 1.29 is 13.2 Å². The molecule has 1 heterocycles. The first-order valence-corrected chi connectivity index (χ1v) is 14.3. The number of aromatic nitrogens is 3. The predicted molar refractivity (Wildman–Crippen MR) is 146 cm³/mol. The van der Waals surface area contributed by atoms with Gasteiger partial charge >= 0.3 is 0 Å². The molecule has 0 aliphatic rings. The van der Waals surface area contributed by atoms with Gasteiger partial charge in [-0.25, -0.2) is 13.4 Å². The molecule has 0 saturated carbocycles. The van der Waals surface area contributed by atoms with Crippen molar-refractivity contribution in [3.05, 3.63) is 96.1 Å². The van der Waals surface area contributed by atoms with E-state index in [1.165, 1.54) is 16.1 Å². The van der Waals surface area contributed by atoms with Crippen molar-refractivity contribution in [2.24, 2.45) is 0 Å². The van der Waals surface area contributed by atoms with Crippen molar-refractivity contribution in [2.45, 2.75) is 23.4 Å². The number of sulfonamides is 1. The van der Waals surface area contributed by atoms with E-state index >= 15 is 0 Å². The summed E-state index contributed by atoms with van der Waals surface area (Å²) in [6, 6.07) is 26.0. The number of benzene rings is 3. The first kappa shape index (κ1) is 26.6. The standard InChI is InChI=1S/C27H29N5O3S2/c1-21-12-14-24(15-13-21)37(34,35)32(18-16-22-8-4-2-5-9-22)20-25(33)28-17-19-36-27-29-26(30-31-27)23-10-6-3-7-11-23/h2-15H,16-20H2,1H3,(H,28,33)(H,29,30,31). The van der Waals surface area contributed by atoms with Crippen LogP contribution in [0.3, 0.4) is 0 Å². The van der Waals surface area contributed by atoms with Gasteiger partial charge in [0.1, 0.15) is 0 Å². The lowest BCUT2D eigenvalue weighted by atomic mass is 10.1. The summed E-state index contributed by atoms with van der Waals surface area (Å²) in [7, 11) is -3.84. The minimum absolute atomic E-state index is 0.174. The summed E-state index contributed by atoms with van der Waals surface area (Å²) in [6.45, 7) is 2.19. The molecule has 192 valence electrons. The van der Waals surface area contributed by atoms with Gasteiger partial charge in [0.15, 0.2) is 5.82 Å². The van der Waals surface area contributed by atoms with Gasteiger partial charge in [-0.15, -0.1) is 5.10 Å². The Balaban J connectivity index is 1.33. The van der Waals surface area contributed by atoms with Crippen molar-refractivity contribution >= 4 is 27.7 Å². The van der Waals surface area contributed by atoms with Gasteiger partial charge in [-0.2, -0.15) is 4.31 Å². The Morgan fingerprint density at radius 2 is 1.65 bits per heavy atom. The molecule has 2 N–H and O–H groups in total. The van der Waals surface area contributed by atoms with Gasteiger partial charge in [0.25, 0.3) is 0 Å². The zero-order valence-corrected chi connectivity index (χ0v) is 22.1. The number of nitrogens with one attached hydrogen (secondary N) is 2. The first-order valence-electron chi connectivity index (χ1n) is 11.9. The summed E-state index contributed by atoms with van der Waals surface area (Å²) >= 11 is 1.41. The fraction of sp³-hybridized carbons (Fsp3) is 0.222. The molecule has 0 aliphatic carbocycles. The van der Waals surface area contributed by atoms with Crippen LogP contribution in [0.25, 0.3) is 11.4 Å². The zero-order valence-electron chi connectivity index (χ0n) is 20.5. The number of hydrogen-bond acceptors (Lipinski definition) is 6. The minimum Gasteiger partial charge on any atom is -0.354 e. The third kappa shape index (κ3) is 7.51. The van der Waals surface area contributed by atoms with Crippen LogP contribution in [0, 0.1) is 6.92 Å². The molecule has 0 radical (unpaired) electrons. The number of carbonyl (C=O) groups excluding carboxylic acids is 1. The molecule has 37 heavy (non-hydrogen) atoms. The fourth-order valence-electron chi connectivity index (χ4n) is 3.63. The summed E-state index contributed by atoms with van der Waals surface area (Å²) < 4.78 is 28.0. The summed E-state index contributed by atoms with van der Waals surface area (Å²) in [5.41, 5.74) is 2.91. The van der Waals surface area contributed by atoms with E-state index in [1.807, 2.05) is 67.6 Å². The topological polar surface area (TPSA) is 108 Å². The van der Waals surface area contributed by atoms with E-state index < -0.39 is 10.0 Å². The van der Waals surface area contributed by atoms with Crippen LogP contribution in [0.1, 0.15) is 11.1 Å². The Morgan fingerprint density at radius 1 is 0.973 bits per heavy atom. The van der Waals surface area contributed by atoms with Gasteiger partial charge in [-0.3, -0.25) is 9.89 Å². The number of amides is 1. The van der Waals surface area contributed by atoms with Gasteiger partial charge < -0.3 is 5.32 Å². The second-order valence-corrected chi connectivity index (χ2v) is 11.4. The van der Waals surface area contributed by atoms with Crippen LogP contribution in [-0.2, 0) is 21.2 Å². The van der Waals surface area contributed by atoms with Crippen molar-refractivity contribution in [3.8, 4) is 11.4 Å². The van der Waals surface area contributed by atoms with Gasteiger partial charge in [-0.1, -0.05) is 90.1 Å². The molecule has 1 aromatic heterocycles. The number of rotatable bonds is 12. The smallest absolute Gasteiger partial charge is 0.243 e. The van der Waals surface area contributed by atoms with Gasteiger partial charge in [0.2, 0.25) is 21.1 Å². The second-order valence-electron chi connectivity index (χ2n) is 8.42. The molecule has 8 nitrogen and oxygen atoms in total. The first-order chi connectivity index (χ1) is 17.9. The van der Waals surface area contributed by atoms with E-state index in [4.69, 9.17) is 0 Å². The molecule has 10 heteroatoms. The van der Waals surface area contributed by atoms with Gasteiger partial charge in [0, 0.05) is 24.4 Å². The summed E-state index contributed by atoms with van der Waals surface area (Å²) in [5.74, 6) is 0.874. The third-order valence-corrected chi connectivity index (χ3v) is 8.35. The van der Waals surface area contributed by atoms with E-state index in [2.05, 4.69) is 20.5 Å². The number of carbonyl (C=O) groups is 1. The lowest BCUT2D eigenvalue weighted by Crippen LogP contribution is -2.42. The van der Waals surface area contributed by atoms with Gasteiger partial charge in [0.05, 0.1) is 11.4 Å². The quantitative estimate of drug-likeness (QED) is 0.210. The monoisotopic (exact) mass is 535 g/mol. The molecule has 3 aromatic carbocycles. The molecule has 0 aliphatic heterocycles. The third-order valence-electron chi connectivity index (χ3n) is 5.64. The Hall–Kier alpha value is -3.47. The summed E-state index contributed by atoms with van der Waals surface area (Å²) in [4.78, 5) is 17.4. The molecule has 0 unspecified atom stereocenters. The Morgan fingerprint density at radius 3 is 2.35 bits per heavy atom. The van der Waals surface area contributed by atoms with Crippen LogP contribution in [0.4, 0.5) is 0 Å². The maximum atomic E-state index is 13.4. The van der Waals surface area contributed by atoms with Gasteiger partial charge in [-0.05, 0) is 31.0 Å². The van der Waals surface area contributed by atoms with Crippen molar-refractivity contribution in [2.75, 3.05) is 25.4 Å². The molecule has 0 saturated heterocycles. The largest absolute Gasteiger partial charge is 0.354 e. The van der Waals surface area contributed by atoms with Crippen LogP contribution >= 0.6 is 11.8 Å². The van der Waals surface area contributed by atoms with E-state index in [0.717, 1.165) is 16.7 Å². The number of nitrogens with zero attached hydrogens (tertiary/aromatic N) is 3. The lowest BCUT2D eigenvalue weighted by Gasteiger charge is -2.22. The van der Waals surface area contributed by atoms with Crippen molar-refractivity contribution in [1.29, 1.82) is 0 Å². The molecule has 0 spiro atoms. The summed E-state index contributed by atoms with van der Waals surface area (Å²) in [5, 5.41) is 10.5. The fourth-order valence-corrected chi connectivity index (χ4v) is 5.68. The molecule has 4 rings (SSSR count). The predicted octanol–water partition coefficient (Wildman–Crippen LogP) is 3.92. The highest BCUT2D eigenvalue weighted by Crippen LogP contribution is 2.19. The van der Waals surface area contributed by atoms with E-state index in [0.29, 0.717) is 29.7 Å². The molecular weight excluding hydrogens is 506 g/mol. The number of thioether (sulfide) groups is 1. The average molecular weight is 536 g/mol. The molecule has 4 aromatic rings. The highest BCUT2D eigenvalue weighted by Gasteiger charge is 2.26. The molecule has 1 amide bonds. The lowest BCUT2D eigenvalue weighted by molar-refractivity contribution is -0.121. The summed E-state index contributed by atoms with van der Waals surface area (Å²) in [6.07, 6.45) is 0.504. The molecule has 0 bridgehead atoms. The maximum Gasteiger partial charge on any atom is 0.243 e. The van der Waals surface area contributed by atoms with Crippen LogP contribution < -0.4 is 5.32 Å². The van der Waals surface area contributed by atoms with Crippen LogP contribution in [0.15, 0.2) is 95.0 Å². The Labute approximate surface area is 221 Å². The van der Waals surface area contributed by atoms with Crippen molar-refractivity contribution in [3.63, 3.8) is 0 Å². The highest BCUT2D eigenvalue weighted by molar-refractivity contribution is 7.99. The minimum atomic E-state index is -3.84. The SMILES string of the molecule is Cc1ccc(S(=O)(=O)N(CCc2ccccc2)CC(=O)NCCSc2n[nH]c(-c3ccccc3)n2)cc1. The Bertz CT molecular complexity index is 1390. The second kappa shape index (κ2) is 12.7. The van der Waals surface area contributed by atoms with Crippen LogP contribution in [0.5, 0.6) is 0 Å². The van der Waals surface area contributed by atoms with Crippen molar-refractivity contribution in [1.82, 2.24) is 24.8 Å². The molecule has 0 fully saturated rings.